The van der Waals surface area contributed by atoms with Crippen LogP contribution < -0.4 is 0 Å². The van der Waals surface area contributed by atoms with Crippen LogP contribution >= 0.6 is 78.8 Å². The van der Waals surface area contributed by atoms with E-state index in [-0.39, 0.29) is 0 Å². The summed E-state index contributed by atoms with van der Waals surface area (Å²) in [6, 6.07) is 14.4. The van der Waals surface area contributed by atoms with Crippen molar-refractivity contribution in [1.29, 1.82) is 0 Å². The minimum absolute atomic E-state index is 0.682. The summed E-state index contributed by atoms with van der Waals surface area (Å²) in [7, 11) is -1.41. The zero-order chi connectivity index (χ0) is 47.0. The first-order valence-corrected chi connectivity index (χ1v) is 32.6. The first-order chi connectivity index (χ1) is 33.4. The molecule has 0 bridgehead atoms. The third kappa shape index (κ3) is 10.5. The molecule has 0 spiro atoms. The lowest BCUT2D eigenvalue weighted by molar-refractivity contribution is 0.440. The summed E-state index contributed by atoms with van der Waals surface area (Å²) < 4.78 is 19.9. The SMILES string of the molecule is CCCCCCc1ccc(-c2ncc(-c3cc4c(s3)-c3sc(-c5cnc(-c6ccc(CCCCCC)s6)c6nsnc56)cc3S4(CCC(CC)CCCC)CC(CC)CCCC)c3nsnc23)s1. The van der Waals surface area contributed by atoms with Gasteiger partial charge in [-0.15, -0.1) is 45.3 Å². The summed E-state index contributed by atoms with van der Waals surface area (Å²) in [5.41, 5.74) is 8.05. The van der Waals surface area contributed by atoms with Gasteiger partial charge in [0.2, 0.25) is 0 Å². The Morgan fingerprint density at radius 1 is 0.471 bits per heavy atom. The molecule has 9 rings (SSSR count). The predicted octanol–water partition coefficient (Wildman–Crippen LogP) is 19.7. The molecule has 0 N–H and O–H groups in total. The Hall–Kier alpha value is -2.91. The summed E-state index contributed by atoms with van der Waals surface area (Å²) in [5, 5.41) is 0. The van der Waals surface area contributed by atoms with Gasteiger partial charge >= 0.3 is 0 Å². The normalized spacial score (nSPS) is 14.6. The molecule has 1 aliphatic rings. The third-order valence-corrected chi connectivity index (χ3v) is 24.8. The molecule has 0 radical (unpaired) electrons. The van der Waals surface area contributed by atoms with Gasteiger partial charge in [0.1, 0.15) is 33.5 Å². The van der Waals surface area contributed by atoms with Crippen molar-refractivity contribution in [2.24, 2.45) is 11.8 Å². The lowest BCUT2D eigenvalue weighted by atomic mass is 9.97. The Morgan fingerprint density at radius 3 is 1.41 bits per heavy atom. The van der Waals surface area contributed by atoms with E-state index in [0.717, 1.165) is 63.3 Å². The van der Waals surface area contributed by atoms with Crippen LogP contribution in [0.15, 0.2) is 58.6 Å². The number of thiophene rings is 4. The Morgan fingerprint density at radius 2 is 0.941 bits per heavy atom. The average Bonchev–Trinajstić information content (AvgIpc) is 4.23. The zero-order valence-corrected chi connectivity index (χ0v) is 46.9. The number of hydrogen-bond donors (Lipinski definition) is 0. The van der Waals surface area contributed by atoms with E-state index < -0.39 is 10.0 Å². The first-order valence-electron chi connectivity index (χ1n) is 25.9. The first kappa shape index (κ1) is 50.0. The largest absolute Gasteiger partial charge is 0.252 e. The second-order valence-electron chi connectivity index (χ2n) is 19.1. The maximum absolute atomic E-state index is 5.24. The van der Waals surface area contributed by atoms with Gasteiger partial charge in [-0.2, -0.15) is 27.5 Å². The van der Waals surface area contributed by atoms with Gasteiger partial charge in [-0.1, -0.05) is 125 Å². The number of rotatable bonds is 27. The topological polar surface area (TPSA) is 77.3 Å². The number of nitrogens with zero attached hydrogens (tertiary/aromatic N) is 6. The van der Waals surface area contributed by atoms with Gasteiger partial charge in [0, 0.05) is 52.8 Å². The van der Waals surface area contributed by atoms with Crippen LogP contribution in [0, 0.1) is 11.8 Å². The van der Waals surface area contributed by atoms with Crippen LogP contribution in [0.2, 0.25) is 0 Å². The third-order valence-electron chi connectivity index (χ3n) is 14.4. The van der Waals surface area contributed by atoms with Crippen LogP contribution in [0.4, 0.5) is 0 Å². The molecule has 0 saturated carbocycles. The van der Waals surface area contributed by atoms with E-state index in [9.17, 15) is 0 Å². The van der Waals surface area contributed by atoms with Crippen molar-refractivity contribution in [3.05, 3.63) is 58.5 Å². The highest BCUT2D eigenvalue weighted by Crippen LogP contribution is 2.77. The van der Waals surface area contributed by atoms with E-state index in [4.69, 9.17) is 27.5 Å². The maximum Gasteiger partial charge on any atom is 0.132 e. The molecule has 0 aliphatic carbocycles. The fraction of sp³-hybridized carbons (Fsp3) is 0.527. The lowest BCUT2D eigenvalue weighted by Crippen LogP contribution is -2.18. The molecule has 2 unspecified atom stereocenters. The standard InChI is InChI=1S/C55H70N6S7/c1-7-13-17-19-23-38-25-27-42(62-38)50-52-48(58-66-60-52)40(33-56-50)44-31-46-54(64-44)55-47(68(46,35-37(12-6)22-16-10-4)30-29-36(11-5)21-15-9-3)32-45(65-55)41-34-57-51(53-49(41)59-67-61-53)43-28-26-39(63-43)24-20-18-14-8-2/h25-28,31-34,36-37H,7-24,29-30,35H2,1-6H3. The highest BCUT2D eigenvalue weighted by molar-refractivity contribution is 8.34. The highest BCUT2D eigenvalue weighted by atomic mass is 32.3. The summed E-state index contributed by atoms with van der Waals surface area (Å²) >= 11 is 10.4. The Bertz CT molecular complexity index is 2700. The van der Waals surface area contributed by atoms with Crippen molar-refractivity contribution in [1.82, 2.24) is 27.5 Å². The molecule has 2 atom stereocenters. The molecule has 0 fully saturated rings. The number of fused-ring (bicyclic) bond motifs is 5. The van der Waals surface area contributed by atoms with Crippen molar-refractivity contribution in [3.8, 4) is 51.8 Å². The van der Waals surface area contributed by atoms with E-state index in [1.54, 1.807) is 9.79 Å². The van der Waals surface area contributed by atoms with Crippen molar-refractivity contribution in [2.45, 2.75) is 173 Å². The van der Waals surface area contributed by atoms with E-state index in [1.807, 2.05) is 45.3 Å². The van der Waals surface area contributed by atoms with E-state index in [1.165, 1.54) is 183 Å². The zero-order valence-electron chi connectivity index (χ0n) is 41.2. The molecular weight excluding hydrogens is 969 g/mol. The molecule has 362 valence electrons. The molecule has 68 heavy (non-hydrogen) atoms. The molecule has 6 nitrogen and oxygen atoms in total. The smallest absolute Gasteiger partial charge is 0.132 e. The molecule has 8 aromatic heterocycles. The summed E-state index contributed by atoms with van der Waals surface area (Å²) in [5.74, 6) is 3.94. The fourth-order valence-electron chi connectivity index (χ4n) is 10.2. The second kappa shape index (κ2) is 23.5. The van der Waals surface area contributed by atoms with Crippen LogP contribution in [0.5, 0.6) is 0 Å². The summed E-state index contributed by atoms with van der Waals surface area (Å²) in [6.07, 6.45) is 28.2. The molecule has 1 aliphatic heterocycles. The van der Waals surface area contributed by atoms with E-state index >= 15 is 0 Å². The number of unbranched alkanes of at least 4 members (excludes halogenated alkanes) is 8. The van der Waals surface area contributed by atoms with Gasteiger partial charge in [0.25, 0.3) is 0 Å². The van der Waals surface area contributed by atoms with Crippen LogP contribution in [-0.4, -0.2) is 39.0 Å². The predicted molar refractivity (Wildman–Crippen MR) is 303 cm³/mol. The van der Waals surface area contributed by atoms with Gasteiger partial charge in [0.05, 0.1) is 43.0 Å². The quantitative estimate of drug-likeness (QED) is 0.0478. The Labute approximate surface area is 431 Å². The number of hydrogen-bond acceptors (Lipinski definition) is 12. The monoisotopic (exact) mass is 1040 g/mol. The van der Waals surface area contributed by atoms with Crippen molar-refractivity contribution < 1.29 is 0 Å². The summed E-state index contributed by atoms with van der Waals surface area (Å²) in [6.45, 7) is 14.1. The fourth-order valence-corrected chi connectivity index (χ4v) is 22.0. The van der Waals surface area contributed by atoms with Crippen molar-refractivity contribution in [2.75, 3.05) is 11.5 Å². The highest BCUT2D eigenvalue weighted by Gasteiger charge is 2.44. The molecule has 0 aromatic carbocycles. The van der Waals surface area contributed by atoms with Crippen LogP contribution in [0.25, 0.3) is 73.8 Å². The van der Waals surface area contributed by atoms with Crippen LogP contribution in [0.1, 0.15) is 160 Å². The van der Waals surface area contributed by atoms with Gasteiger partial charge in [-0.25, -0.2) is 0 Å². The minimum Gasteiger partial charge on any atom is -0.252 e. The number of aryl methyl sites for hydroxylation is 2. The summed E-state index contributed by atoms with van der Waals surface area (Å²) in [4.78, 5) is 24.5. The molecule has 13 heteroatoms. The number of pyridine rings is 2. The van der Waals surface area contributed by atoms with Crippen LogP contribution in [0.3, 0.4) is 0 Å². The number of aromatic nitrogens is 6. The lowest BCUT2D eigenvalue weighted by Gasteiger charge is -2.41. The Kier molecular flexibility index (Phi) is 17.3. The molecule has 0 amide bonds. The van der Waals surface area contributed by atoms with Crippen molar-refractivity contribution >= 4 is 101 Å². The molecule has 9 heterocycles. The van der Waals surface area contributed by atoms with Crippen LogP contribution in [-0.2, 0) is 12.8 Å². The Balaban J connectivity index is 1.13. The maximum atomic E-state index is 5.24. The molecule has 0 saturated heterocycles. The van der Waals surface area contributed by atoms with Gasteiger partial charge in [-0.3, -0.25) is 9.97 Å². The van der Waals surface area contributed by atoms with Gasteiger partial charge in [0.15, 0.2) is 0 Å². The molecule has 8 aromatic rings. The average molecular weight is 1040 g/mol. The second-order valence-corrected chi connectivity index (χ2v) is 28.0. The minimum atomic E-state index is -1.41. The molecular formula is C55H70N6S7. The van der Waals surface area contributed by atoms with Crippen molar-refractivity contribution in [3.63, 3.8) is 0 Å². The van der Waals surface area contributed by atoms with Gasteiger partial charge in [-0.05, 0) is 98.3 Å². The van der Waals surface area contributed by atoms with E-state index in [2.05, 4.69) is 90.3 Å². The van der Waals surface area contributed by atoms with E-state index in [0.29, 0.717) is 5.92 Å². The van der Waals surface area contributed by atoms with Gasteiger partial charge < -0.3 is 0 Å².